The van der Waals surface area contributed by atoms with Gasteiger partial charge in [0.2, 0.25) is 0 Å². The van der Waals surface area contributed by atoms with E-state index in [1.165, 1.54) is 11.3 Å². The summed E-state index contributed by atoms with van der Waals surface area (Å²) >= 11 is 1.44. The Morgan fingerprint density at radius 1 is 1.04 bits per heavy atom. The molecule has 0 aliphatic rings. The molecule has 0 aliphatic heterocycles. The Labute approximate surface area is 164 Å². The van der Waals surface area contributed by atoms with Gasteiger partial charge in [-0.3, -0.25) is 4.79 Å². The highest BCUT2D eigenvalue weighted by Crippen LogP contribution is 2.29. The summed E-state index contributed by atoms with van der Waals surface area (Å²) in [5, 5.41) is 1.90. The number of nitrogens with zero attached hydrogens (tertiary/aromatic N) is 1. The van der Waals surface area contributed by atoms with Crippen LogP contribution in [0.1, 0.15) is 20.8 Å². The van der Waals surface area contributed by atoms with Crippen LogP contribution in [0.3, 0.4) is 0 Å². The number of methoxy groups -OCH3 is 1. The molecule has 3 aromatic rings. The zero-order chi connectivity index (χ0) is 19.1. The Balaban J connectivity index is 1.70. The molecule has 1 amide bonds. The minimum Gasteiger partial charge on any atom is -0.493 e. The van der Waals surface area contributed by atoms with Crippen LogP contribution in [0.2, 0.25) is 0 Å². The van der Waals surface area contributed by atoms with Crippen molar-refractivity contribution in [1.82, 2.24) is 4.90 Å². The summed E-state index contributed by atoms with van der Waals surface area (Å²) in [4.78, 5) is 15.0. The van der Waals surface area contributed by atoms with Crippen molar-refractivity contribution in [3.8, 4) is 11.5 Å². The van der Waals surface area contributed by atoms with Crippen molar-refractivity contribution >= 4 is 17.2 Å². The maximum absolute atomic E-state index is 12.6. The summed E-state index contributed by atoms with van der Waals surface area (Å²) < 4.78 is 11.4. The van der Waals surface area contributed by atoms with Crippen molar-refractivity contribution in [2.45, 2.75) is 13.2 Å². The first-order valence-electron chi connectivity index (χ1n) is 8.67. The van der Waals surface area contributed by atoms with E-state index >= 15 is 0 Å². The predicted octanol–water partition coefficient (Wildman–Crippen LogP) is 4.81. The fourth-order valence-corrected chi connectivity index (χ4v) is 3.38. The lowest BCUT2D eigenvalue weighted by atomic mass is 10.1. The fraction of sp³-hybridized carbons (Fsp3) is 0.182. The van der Waals surface area contributed by atoms with Gasteiger partial charge in [0, 0.05) is 13.1 Å². The largest absolute Gasteiger partial charge is 0.493 e. The second-order valence-electron chi connectivity index (χ2n) is 5.96. The summed E-state index contributed by atoms with van der Waals surface area (Å²) in [5.41, 5.74) is 2.06. The highest BCUT2D eigenvalue weighted by molar-refractivity contribution is 7.12. The average Bonchev–Trinajstić information content (AvgIpc) is 3.26. The van der Waals surface area contributed by atoms with E-state index < -0.39 is 0 Å². The maximum Gasteiger partial charge on any atom is 0.264 e. The lowest BCUT2D eigenvalue weighted by Crippen LogP contribution is -2.29. The maximum atomic E-state index is 12.6. The Kier molecular flexibility index (Phi) is 6.49. The highest BCUT2D eigenvalue weighted by Gasteiger charge is 2.16. The minimum atomic E-state index is -0.0108. The van der Waals surface area contributed by atoms with Gasteiger partial charge in [0.1, 0.15) is 6.61 Å². The fourth-order valence-electron chi connectivity index (χ4n) is 2.69. The molecule has 2 aromatic carbocycles. The summed E-state index contributed by atoms with van der Waals surface area (Å²) in [7, 11) is 1.62. The summed E-state index contributed by atoms with van der Waals surface area (Å²) in [6.45, 7) is 5.22. The molecule has 0 saturated heterocycles. The van der Waals surface area contributed by atoms with Crippen molar-refractivity contribution in [3.63, 3.8) is 0 Å². The van der Waals surface area contributed by atoms with Crippen LogP contribution in [0.15, 0.2) is 66.0 Å². The third kappa shape index (κ3) is 4.89. The normalized spacial score (nSPS) is 10.4. The molecule has 4 nitrogen and oxygen atoms in total. The van der Waals surface area contributed by atoms with Crippen molar-refractivity contribution in [3.05, 3.63) is 89.0 Å². The topological polar surface area (TPSA) is 38.8 Å². The van der Waals surface area contributed by atoms with Crippen LogP contribution in [0.25, 0.3) is 0 Å². The zero-order valence-corrected chi connectivity index (χ0v) is 16.1. The van der Waals surface area contributed by atoms with Crippen molar-refractivity contribution < 1.29 is 14.3 Å². The van der Waals surface area contributed by atoms with E-state index in [1.807, 2.05) is 66.0 Å². The van der Waals surface area contributed by atoms with Crippen LogP contribution < -0.4 is 9.47 Å². The Morgan fingerprint density at radius 2 is 1.85 bits per heavy atom. The van der Waals surface area contributed by atoms with E-state index in [-0.39, 0.29) is 5.91 Å². The van der Waals surface area contributed by atoms with Gasteiger partial charge in [0.05, 0.1) is 12.0 Å². The zero-order valence-electron chi connectivity index (χ0n) is 15.3. The molecule has 5 heteroatoms. The summed E-state index contributed by atoms with van der Waals surface area (Å²) in [6, 6.07) is 19.4. The molecule has 0 atom stereocenters. The summed E-state index contributed by atoms with van der Waals surface area (Å²) in [5.74, 6) is 1.32. The predicted molar refractivity (Wildman–Crippen MR) is 108 cm³/mol. The van der Waals surface area contributed by atoms with Crippen LogP contribution in [0, 0.1) is 6.92 Å². The Hall–Kier alpha value is -2.79. The molecule has 139 valence electrons. The van der Waals surface area contributed by atoms with Crippen molar-refractivity contribution in [2.75, 3.05) is 13.7 Å². The van der Waals surface area contributed by atoms with E-state index in [4.69, 9.17) is 9.47 Å². The number of benzene rings is 2. The first kappa shape index (κ1) is 19.0. The number of hydrogen-bond acceptors (Lipinski definition) is 4. The van der Waals surface area contributed by atoms with Gasteiger partial charge in [-0.2, -0.15) is 0 Å². The van der Waals surface area contributed by atoms with E-state index in [0.717, 1.165) is 11.1 Å². The molecule has 0 unspecified atom stereocenters. The van der Waals surface area contributed by atoms with Gasteiger partial charge < -0.3 is 14.4 Å². The van der Waals surface area contributed by atoms with E-state index in [2.05, 4.69) is 6.92 Å². The number of rotatable bonds is 8. The molecule has 0 bridgehead atoms. The molecule has 1 heterocycles. The van der Waals surface area contributed by atoms with Crippen LogP contribution in [-0.4, -0.2) is 24.5 Å². The molecule has 3 rings (SSSR count). The van der Waals surface area contributed by atoms with Gasteiger partial charge in [-0.1, -0.05) is 42.5 Å². The molecule has 0 aliphatic carbocycles. The molecule has 0 N–H and O–H groups in total. The van der Waals surface area contributed by atoms with Gasteiger partial charge >= 0.3 is 0 Å². The first-order valence-corrected chi connectivity index (χ1v) is 9.55. The molecular formula is C22H22NO3S. The van der Waals surface area contributed by atoms with Crippen molar-refractivity contribution in [2.24, 2.45) is 0 Å². The van der Waals surface area contributed by atoms with Gasteiger partial charge in [0.15, 0.2) is 11.5 Å². The third-order valence-electron chi connectivity index (χ3n) is 4.13. The molecule has 1 radical (unpaired) electrons. The van der Waals surface area contributed by atoms with Gasteiger partial charge in [-0.05, 0) is 41.6 Å². The number of ether oxygens (including phenoxy) is 2. The second-order valence-corrected chi connectivity index (χ2v) is 6.91. The van der Waals surface area contributed by atoms with Crippen LogP contribution >= 0.6 is 11.3 Å². The first-order chi connectivity index (χ1) is 13.2. The number of thiophene rings is 1. The Bertz CT molecular complexity index is 863. The monoisotopic (exact) mass is 380 g/mol. The van der Waals surface area contributed by atoms with E-state index in [1.54, 1.807) is 12.0 Å². The Morgan fingerprint density at radius 3 is 2.52 bits per heavy atom. The number of amides is 1. The van der Waals surface area contributed by atoms with E-state index in [9.17, 15) is 4.79 Å². The number of carbonyl (C=O) groups excluding carboxylic acids is 1. The summed E-state index contributed by atoms with van der Waals surface area (Å²) in [6.07, 6.45) is 0. The third-order valence-corrected chi connectivity index (χ3v) is 4.99. The molecule has 1 aromatic heterocycles. The highest BCUT2D eigenvalue weighted by atomic mass is 32.1. The smallest absolute Gasteiger partial charge is 0.264 e. The number of carbonyl (C=O) groups is 1. The standard InChI is InChI=1S/C22H22NO3S/c1-3-23(22(24)21-10-7-13-27-21)15-18-11-12-19(20(14-18)25-2)26-16-17-8-5-4-6-9-17/h4-14H,1,3,15-16H2,2H3. The second kappa shape index (κ2) is 9.24. The average molecular weight is 380 g/mol. The minimum absolute atomic E-state index is 0.0108. The van der Waals surface area contributed by atoms with Crippen LogP contribution in [-0.2, 0) is 13.2 Å². The van der Waals surface area contributed by atoms with Crippen molar-refractivity contribution in [1.29, 1.82) is 0 Å². The van der Waals surface area contributed by atoms with Gasteiger partial charge in [-0.15, -0.1) is 11.3 Å². The SMILES string of the molecule is [CH2]CN(Cc1ccc(OCc2ccccc2)c(OC)c1)C(=O)c1cccs1. The molecule has 0 spiro atoms. The molecule has 27 heavy (non-hydrogen) atoms. The quantitative estimate of drug-likeness (QED) is 0.563. The van der Waals surface area contributed by atoms with Gasteiger partial charge in [0.25, 0.3) is 5.91 Å². The van der Waals surface area contributed by atoms with Gasteiger partial charge in [-0.25, -0.2) is 0 Å². The molecular weight excluding hydrogens is 358 g/mol. The molecule has 0 fully saturated rings. The molecule has 0 saturated carbocycles. The van der Waals surface area contributed by atoms with Crippen LogP contribution in [0.4, 0.5) is 0 Å². The van der Waals surface area contributed by atoms with E-state index in [0.29, 0.717) is 36.1 Å². The van der Waals surface area contributed by atoms with Crippen LogP contribution in [0.5, 0.6) is 11.5 Å². The lowest BCUT2D eigenvalue weighted by molar-refractivity contribution is 0.0766. The number of hydrogen-bond donors (Lipinski definition) is 0. The lowest BCUT2D eigenvalue weighted by Gasteiger charge is -2.21.